The van der Waals surface area contributed by atoms with Crippen LogP contribution in [-0.2, 0) is 4.79 Å². The number of carbonyl (C=O) groups excluding carboxylic acids is 1. The molecule has 0 aromatic heterocycles. The zero-order valence-electron chi connectivity index (χ0n) is 11.7. The highest BCUT2D eigenvalue weighted by atomic mass is 35.5. The maximum Gasteiger partial charge on any atom is 0.312 e. The molecular formula is C13H18ClN3O4. The number of nitrogens with one attached hydrogen (secondary N) is 1. The van der Waals surface area contributed by atoms with Crippen LogP contribution in [0.2, 0.25) is 5.02 Å². The van der Waals surface area contributed by atoms with Crippen LogP contribution < -0.4 is 15.8 Å². The zero-order valence-corrected chi connectivity index (χ0v) is 12.4. The van der Waals surface area contributed by atoms with Crippen LogP contribution in [0.3, 0.4) is 0 Å². The number of rotatable bonds is 8. The number of hydrogen-bond acceptors (Lipinski definition) is 5. The highest BCUT2D eigenvalue weighted by Crippen LogP contribution is 2.29. The third-order valence-electron chi connectivity index (χ3n) is 2.75. The molecule has 3 N–H and O–H groups in total. The number of amides is 1. The predicted molar refractivity (Wildman–Crippen MR) is 79.4 cm³/mol. The molecule has 0 bridgehead atoms. The van der Waals surface area contributed by atoms with Gasteiger partial charge in [-0.05, 0) is 24.6 Å². The molecule has 1 rings (SSSR count). The van der Waals surface area contributed by atoms with E-state index < -0.39 is 4.92 Å². The molecule has 1 atom stereocenters. The zero-order chi connectivity index (χ0) is 15.8. The van der Waals surface area contributed by atoms with E-state index in [4.69, 9.17) is 22.1 Å². The van der Waals surface area contributed by atoms with E-state index in [0.29, 0.717) is 13.1 Å². The molecule has 0 spiro atoms. The molecule has 0 heterocycles. The number of nitro groups is 1. The van der Waals surface area contributed by atoms with Crippen LogP contribution in [0, 0.1) is 16.0 Å². The summed E-state index contributed by atoms with van der Waals surface area (Å²) in [5.74, 6) is 0.103. The van der Waals surface area contributed by atoms with Gasteiger partial charge in [0.2, 0.25) is 5.91 Å². The average Bonchev–Trinajstić information content (AvgIpc) is 2.45. The fourth-order valence-electron chi connectivity index (χ4n) is 1.47. The second-order valence-corrected chi connectivity index (χ2v) is 5.05. The predicted octanol–water partition coefficient (Wildman–Crippen LogP) is 1.73. The lowest BCUT2D eigenvalue weighted by Crippen LogP contribution is -2.32. The molecule has 0 saturated carbocycles. The lowest BCUT2D eigenvalue weighted by molar-refractivity contribution is -0.385. The summed E-state index contributed by atoms with van der Waals surface area (Å²) in [4.78, 5) is 21.8. The Hall–Kier alpha value is -1.86. The Bertz CT molecular complexity index is 510. The number of benzene rings is 1. The Labute approximate surface area is 127 Å². The number of nitrogens with two attached hydrogens (primary N) is 1. The Kier molecular flexibility index (Phi) is 6.90. The minimum atomic E-state index is -0.579. The molecule has 116 valence electrons. The van der Waals surface area contributed by atoms with Crippen molar-refractivity contribution in [2.75, 3.05) is 19.7 Å². The number of halogens is 1. The summed E-state index contributed by atoms with van der Waals surface area (Å²) in [5, 5.41) is 13.8. The Morgan fingerprint density at radius 2 is 2.29 bits per heavy atom. The van der Waals surface area contributed by atoms with Crippen LogP contribution in [0.25, 0.3) is 0 Å². The van der Waals surface area contributed by atoms with Gasteiger partial charge in [0, 0.05) is 17.6 Å². The monoisotopic (exact) mass is 315 g/mol. The third-order valence-corrected chi connectivity index (χ3v) is 2.99. The first-order valence-corrected chi connectivity index (χ1v) is 6.85. The summed E-state index contributed by atoms with van der Waals surface area (Å²) in [6.45, 7) is 2.96. The fourth-order valence-corrected chi connectivity index (χ4v) is 1.64. The first kappa shape index (κ1) is 17.2. The summed E-state index contributed by atoms with van der Waals surface area (Å²) in [5.41, 5.74) is 5.22. The maximum atomic E-state index is 11.5. The molecule has 1 unspecified atom stereocenters. The van der Waals surface area contributed by atoms with Crippen molar-refractivity contribution in [1.29, 1.82) is 0 Å². The Morgan fingerprint density at radius 3 is 2.90 bits per heavy atom. The van der Waals surface area contributed by atoms with Crippen LogP contribution >= 0.6 is 11.6 Å². The Balaban J connectivity index is 2.46. The largest absolute Gasteiger partial charge is 0.486 e. The topological polar surface area (TPSA) is 107 Å². The summed E-state index contributed by atoms with van der Waals surface area (Å²) in [6, 6.07) is 4.11. The van der Waals surface area contributed by atoms with Gasteiger partial charge < -0.3 is 15.8 Å². The van der Waals surface area contributed by atoms with E-state index in [2.05, 4.69) is 5.32 Å². The van der Waals surface area contributed by atoms with Crippen LogP contribution in [0.15, 0.2) is 18.2 Å². The minimum absolute atomic E-state index is 0.0469. The maximum absolute atomic E-state index is 11.5. The molecule has 0 aliphatic rings. The first-order valence-electron chi connectivity index (χ1n) is 6.47. The van der Waals surface area contributed by atoms with Crippen LogP contribution in [-0.4, -0.2) is 30.5 Å². The first-order chi connectivity index (χ1) is 9.93. The van der Waals surface area contributed by atoms with Gasteiger partial charge in [-0.2, -0.15) is 0 Å². The van der Waals surface area contributed by atoms with Crippen LogP contribution in [0.5, 0.6) is 5.75 Å². The van der Waals surface area contributed by atoms with Crippen molar-refractivity contribution in [3.05, 3.63) is 33.3 Å². The quantitative estimate of drug-likeness (QED) is 0.561. The van der Waals surface area contributed by atoms with Crippen molar-refractivity contribution in [2.45, 2.75) is 13.3 Å². The van der Waals surface area contributed by atoms with Gasteiger partial charge in [0.25, 0.3) is 0 Å². The van der Waals surface area contributed by atoms with E-state index in [9.17, 15) is 14.9 Å². The smallest absolute Gasteiger partial charge is 0.312 e. The van der Waals surface area contributed by atoms with Gasteiger partial charge >= 0.3 is 5.69 Å². The van der Waals surface area contributed by atoms with E-state index in [-0.39, 0.29) is 41.3 Å². The Morgan fingerprint density at radius 1 is 1.57 bits per heavy atom. The number of carbonyl (C=O) groups is 1. The van der Waals surface area contributed by atoms with Gasteiger partial charge in [0.1, 0.15) is 0 Å². The molecule has 0 aliphatic heterocycles. The van der Waals surface area contributed by atoms with Gasteiger partial charge in [0.05, 0.1) is 18.0 Å². The van der Waals surface area contributed by atoms with Gasteiger partial charge in [-0.15, -0.1) is 0 Å². The van der Waals surface area contributed by atoms with E-state index in [1.165, 1.54) is 18.2 Å². The van der Waals surface area contributed by atoms with Crippen molar-refractivity contribution in [1.82, 2.24) is 5.32 Å². The molecule has 1 aromatic rings. The number of ether oxygens (including phenoxy) is 1. The van der Waals surface area contributed by atoms with E-state index in [0.717, 1.165) is 0 Å². The fraction of sp³-hybridized carbons (Fsp3) is 0.462. The third kappa shape index (κ3) is 5.97. The summed E-state index contributed by atoms with van der Waals surface area (Å²) in [6.07, 6.45) is 0.108. The summed E-state index contributed by atoms with van der Waals surface area (Å²) in [7, 11) is 0. The second kappa shape index (κ2) is 8.43. The van der Waals surface area contributed by atoms with Crippen LogP contribution in [0.4, 0.5) is 5.69 Å². The van der Waals surface area contributed by atoms with Gasteiger partial charge in [-0.25, -0.2) is 0 Å². The molecule has 7 nitrogen and oxygen atoms in total. The summed E-state index contributed by atoms with van der Waals surface area (Å²) < 4.78 is 5.27. The number of nitro benzene ring substituents is 1. The van der Waals surface area contributed by atoms with E-state index >= 15 is 0 Å². The average molecular weight is 316 g/mol. The number of nitrogens with zero attached hydrogens (tertiary/aromatic N) is 1. The van der Waals surface area contributed by atoms with Gasteiger partial charge in [-0.1, -0.05) is 18.5 Å². The van der Waals surface area contributed by atoms with Crippen molar-refractivity contribution < 1.29 is 14.5 Å². The van der Waals surface area contributed by atoms with Crippen molar-refractivity contribution in [2.24, 2.45) is 11.7 Å². The van der Waals surface area contributed by atoms with Crippen molar-refractivity contribution in [3.63, 3.8) is 0 Å². The molecule has 0 saturated heterocycles. The lowest BCUT2D eigenvalue weighted by atomic mass is 10.2. The second-order valence-electron chi connectivity index (χ2n) is 4.61. The molecule has 8 heteroatoms. The highest BCUT2D eigenvalue weighted by molar-refractivity contribution is 6.30. The minimum Gasteiger partial charge on any atom is -0.486 e. The van der Waals surface area contributed by atoms with E-state index in [1.807, 2.05) is 6.92 Å². The number of hydrogen-bond donors (Lipinski definition) is 2. The van der Waals surface area contributed by atoms with E-state index in [1.54, 1.807) is 0 Å². The van der Waals surface area contributed by atoms with Crippen molar-refractivity contribution >= 4 is 23.2 Å². The summed E-state index contributed by atoms with van der Waals surface area (Å²) >= 11 is 5.70. The van der Waals surface area contributed by atoms with Gasteiger partial charge in [0.15, 0.2) is 5.75 Å². The molecule has 0 aliphatic carbocycles. The highest BCUT2D eigenvalue weighted by Gasteiger charge is 2.16. The molecule has 1 amide bonds. The molecule has 0 fully saturated rings. The normalized spacial score (nSPS) is 11.8. The van der Waals surface area contributed by atoms with Gasteiger partial charge in [-0.3, -0.25) is 14.9 Å². The SMILES string of the molecule is CC(CN)CNC(=O)CCOc1ccc(Cl)cc1[N+](=O)[O-]. The van der Waals surface area contributed by atoms with Crippen LogP contribution in [0.1, 0.15) is 13.3 Å². The standard InChI is InChI=1S/C13H18ClN3O4/c1-9(7-15)8-16-13(18)4-5-21-12-3-2-10(14)6-11(12)17(19)20/h2-3,6,9H,4-5,7-8,15H2,1H3,(H,16,18). The molecule has 21 heavy (non-hydrogen) atoms. The molecular weight excluding hydrogens is 298 g/mol. The molecule has 0 radical (unpaired) electrons. The van der Waals surface area contributed by atoms with Crippen molar-refractivity contribution in [3.8, 4) is 5.75 Å². The molecule has 1 aromatic carbocycles. The lowest BCUT2D eigenvalue weighted by Gasteiger charge is -2.10.